The molecule has 2 aliphatic rings. The molecule has 2 aliphatic heterocycles. The van der Waals surface area contributed by atoms with Crippen LogP contribution in [0.1, 0.15) is 39.0 Å². The zero-order valence-electron chi connectivity index (χ0n) is 10.8. The van der Waals surface area contributed by atoms with Crippen molar-refractivity contribution in [2.75, 3.05) is 26.3 Å². The molecule has 2 fully saturated rings. The lowest BCUT2D eigenvalue weighted by atomic mass is 9.88. The molecule has 2 N–H and O–H groups in total. The number of amides is 1. The first-order valence-electron chi connectivity index (χ1n) is 6.78. The number of hydrogen-bond donors (Lipinski definition) is 2. The van der Waals surface area contributed by atoms with Crippen molar-refractivity contribution in [2.24, 2.45) is 5.41 Å². The maximum atomic E-state index is 12.0. The van der Waals surface area contributed by atoms with E-state index in [-0.39, 0.29) is 17.4 Å². The van der Waals surface area contributed by atoms with E-state index in [4.69, 9.17) is 4.74 Å². The number of carbonyl (C=O) groups excluding carboxylic acids is 1. The van der Waals surface area contributed by atoms with Gasteiger partial charge in [0.15, 0.2) is 0 Å². The summed E-state index contributed by atoms with van der Waals surface area (Å²) in [4.78, 5) is 12.0. The fourth-order valence-corrected chi connectivity index (χ4v) is 2.41. The molecular formula is C13H24N2O2. The zero-order valence-corrected chi connectivity index (χ0v) is 10.8. The van der Waals surface area contributed by atoms with Crippen LogP contribution in [0.5, 0.6) is 0 Å². The van der Waals surface area contributed by atoms with Crippen molar-refractivity contribution in [3.63, 3.8) is 0 Å². The topological polar surface area (TPSA) is 50.4 Å². The summed E-state index contributed by atoms with van der Waals surface area (Å²) < 4.78 is 5.19. The number of hydrogen-bond acceptors (Lipinski definition) is 3. The lowest BCUT2D eigenvalue weighted by Gasteiger charge is -2.38. The van der Waals surface area contributed by atoms with Crippen LogP contribution in [-0.4, -0.2) is 38.3 Å². The van der Waals surface area contributed by atoms with Crippen LogP contribution < -0.4 is 10.6 Å². The minimum atomic E-state index is 0.0138. The summed E-state index contributed by atoms with van der Waals surface area (Å²) >= 11 is 0. The molecule has 4 nitrogen and oxygen atoms in total. The Kier molecular flexibility index (Phi) is 4.40. The van der Waals surface area contributed by atoms with E-state index in [0.717, 1.165) is 39.1 Å². The summed E-state index contributed by atoms with van der Waals surface area (Å²) in [5.41, 5.74) is 0.164. The second kappa shape index (κ2) is 5.83. The molecule has 0 radical (unpaired) electrons. The van der Waals surface area contributed by atoms with E-state index in [2.05, 4.69) is 17.6 Å². The van der Waals surface area contributed by atoms with Crippen LogP contribution >= 0.6 is 0 Å². The molecule has 2 rings (SSSR count). The Morgan fingerprint density at radius 3 is 2.82 bits per heavy atom. The van der Waals surface area contributed by atoms with E-state index in [1.807, 2.05) is 0 Å². The van der Waals surface area contributed by atoms with Gasteiger partial charge in [-0.25, -0.2) is 0 Å². The highest BCUT2D eigenvalue weighted by Gasteiger charge is 2.34. The molecule has 0 aromatic carbocycles. The highest BCUT2D eigenvalue weighted by atomic mass is 16.5. The molecule has 2 saturated heterocycles. The minimum Gasteiger partial charge on any atom is -0.380 e. The van der Waals surface area contributed by atoms with Crippen LogP contribution in [0.15, 0.2) is 0 Å². The van der Waals surface area contributed by atoms with Gasteiger partial charge >= 0.3 is 0 Å². The Hall–Kier alpha value is -0.610. The van der Waals surface area contributed by atoms with Gasteiger partial charge in [-0.15, -0.1) is 0 Å². The molecular weight excluding hydrogens is 216 g/mol. The van der Waals surface area contributed by atoms with Crippen molar-refractivity contribution in [1.82, 2.24) is 10.6 Å². The predicted octanol–water partition coefficient (Wildman–Crippen LogP) is 1.06. The standard InChI is InChI=1S/C13H24N2O2/c1-13(9-17-10-13)8-15-12(16)11-6-4-2-3-5-7-14-11/h11,14H,2-10H2,1H3,(H,15,16). The first-order chi connectivity index (χ1) is 8.20. The van der Waals surface area contributed by atoms with Crippen molar-refractivity contribution in [1.29, 1.82) is 0 Å². The molecule has 1 atom stereocenters. The lowest BCUT2D eigenvalue weighted by molar-refractivity contribution is -0.128. The smallest absolute Gasteiger partial charge is 0.237 e. The maximum absolute atomic E-state index is 12.0. The van der Waals surface area contributed by atoms with Crippen molar-refractivity contribution < 1.29 is 9.53 Å². The molecule has 2 heterocycles. The third kappa shape index (κ3) is 3.68. The lowest BCUT2D eigenvalue weighted by Crippen LogP contribution is -2.52. The van der Waals surface area contributed by atoms with Gasteiger partial charge in [-0.2, -0.15) is 0 Å². The quantitative estimate of drug-likeness (QED) is 0.775. The summed E-state index contributed by atoms with van der Waals surface area (Å²) in [6.45, 7) is 5.40. The molecule has 4 heteroatoms. The highest BCUT2D eigenvalue weighted by molar-refractivity contribution is 5.81. The zero-order chi connectivity index (χ0) is 12.1. The first kappa shape index (κ1) is 12.8. The van der Waals surface area contributed by atoms with Gasteiger partial charge < -0.3 is 15.4 Å². The fourth-order valence-electron chi connectivity index (χ4n) is 2.41. The van der Waals surface area contributed by atoms with E-state index in [1.165, 1.54) is 19.3 Å². The molecule has 1 unspecified atom stereocenters. The SMILES string of the molecule is CC1(CNC(=O)C2CCCCCCN2)COC1. The fraction of sp³-hybridized carbons (Fsp3) is 0.923. The summed E-state index contributed by atoms with van der Waals surface area (Å²) in [6, 6.07) is 0.0138. The monoisotopic (exact) mass is 240 g/mol. The second-order valence-electron chi connectivity index (χ2n) is 5.73. The molecule has 98 valence electrons. The largest absolute Gasteiger partial charge is 0.380 e. The van der Waals surface area contributed by atoms with E-state index < -0.39 is 0 Å². The molecule has 0 aliphatic carbocycles. The van der Waals surface area contributed by atoms with Crippen molar-refractivity contribution in [2.45, 2.75) is 45.1 Å². The minimum absolute atomic E-state index is 0.0138. The van der Waals surface area contributed by atoms with Gasteiger partial charge in [0.1, 0.15) is 0 Å². The predicted molar refractivity (Wildman–Crippen MR) is 66.8 cm³/mol. The summed E-state index contributed by atoms with van der Waals surface area (Å²) in [5, 5.41) is 6.41. The van der Waals surface area contributed by atoms with E-state index in [9.17, 15) is 4.79 Å². The van der Waals surface area contributed by atoms with Gasteiger partial charge in [-0.1, -0.05) is 26.2 Å². The van der Waals surface area contributed by atoms with Crippen molar-refractivity contribution in [3.05, 3.63) is 0 Å². The molecule has 1 amide bonds. The average Bonchev–Trinajstić information content (AvgIpc) is 2.23. The van der Waals surface area contributed by atoms with Crippen LogP contribution in [0.4, 0.5) is 0 Å². The van der Waals surface area contributed by atoms with Crippen LogP contribution in [0.3, 0.4) is 0 Å². The Bertz CT molecular complexity index is 256. The van der Waals surface area contributed by atoms with Crippen LogP contribution in [0, 0.1) is 5.41 Å². The average molecular weight is 240 g/mol. The molecule has 0 aromatic heterocycles. The number of carbonyl (C=O) groups is 1. The Morgan fingerprint density at radius 1 is 1.35 bits per heavy atom. The van der Waals surface area contributed by atoms with Gasteiger partial charge in [-0.05, 0) is 19.4 Å². The maximum Gasteiger partial charge on any atom is 0.237 e. The molecule has 0 saturated carbocycles. The molecule has 0 spiro atoms. The third-order valence-corrected chi connectivity index (χ3v) is 3.72. The second-order valence-corrected chi connectivity index (χ2v) is 5.73. The number of ether oxygens (including phenoxy) is 1. The van der Waals surface area contributed by atoms with Crippen LogP contribution in [-0.2, 0) is 9.53 Å². The normalized spacial score (nSPS) is 28.6. The van der Waals surface area contributed by atoms with Crippen molar-refractivity contribution >= 4 is 5.91 Å². The summed E-state index contributed by atoms with van der Waals surface area (Å²) in [6.07, 6.45) is 5.87. The molecule has 17 heavy (non-hydrogen) atoms. The molecule has 0 aromatic rings. The number of nitrogens with one attached hydrogen (secondary N) is 2. The van der Waals surface area contributed by atoms with Gasteiger partial charge in [0.25, 0.3) is 0 Å². The van der Waals surface area contributed by atoms with Gasteiger partial charge in [0.05, 0.1) is 19.3 Å². The van der Waals surface area contributed by atoms with Crippen molar-refractivity contribution in [3.8, 4) is 0 Å². The third-order valence-electron chi connectivity index (χ3n) is 3.72. The van der Waals surface area contributed by atoms with Gasteiger partial charge in [-0.3, -0.25) is 4.79 Å². The summed E-state index contributed by atoms with van der Waals surface area (Å²) in [5.74, 6) is 0.167. The van der Waals surface area contributed by atoms with Gasteiger partial charge in [0, 0.05) is 12.0 Å². The van der Waals surface area contributed by atoms with E-state index in [0.29, 0.717) is 0 Å². The Labute approximate surface area is 103 Å². The van der Waals surface area contributed by atoms with Crippen LogP contribution in [0.2, 0.25) is 0 Å². The van der Waals surface area contributed by atoms with E-state index in [1.54, 1.807) is 0 Å². The van der Waals surface area contributed by atoms with E-state index >= 15 is 0 Å². The number of rotatable bonds is 3. The van der Waals surface area contributed by atoms with Crippen LogP contribution in [0.25, 0.3) is 0 Å². The summed E-state index contributed by atoms with van der Waals surface area (Å²) in [7, 11) is 0. The highest BCUT2D eigenvalue weighted by Crippen LogP contribution is 2.25. The Morgan fingerprint density at radius 2 is 2.12 bits per heavy atom. The molecule has 0 bridgehead atoms. The van der Waals surface area contributed by atoms with Gasteiger partial charge in [0.2, 0.25) is 5.91 Å². The first-order valence-corrected chi connectivity index (χ1v) is 6.78. The Balaban J connectivity index is 1.73.